The summed E-state index contributed by atoms with van der Waals surface area (Å²) in [5.74, 6) is 0. The molecule has 0 radical (unpaired) electrons. The summed E-state index contributed by atoms with van der Waals surface area (Å²) in [4.78, 5) is 2.40. The van der Waals surface area contributed by atoms with E-state index in [2.05, 4.69) is 266 Å². The van der Waals surface area contributed by atoms with Gasteiger partial charge in [0.25, 0.3) is 0 Å². The molecule has 1 aliphatic rings. The molecule has 0 aliphatic heterocycles. The van der Waals surface area contributed by atoms with E-state index in [0.717, 1.165) is 28.2 Å². The van der Waals surface area contributed by atoms with Gasteiger partial charge in [-0.3, -0.25) is 0 Å². The lowest BCUT2D eigenvalue weighted by Gasteiger charge is -2.28. The quantitative estimate of drug-likeness (QED) is 0.148. The Morgan fingerprint density at radius 2 is 0.831 bits per heavy atom. The molecular formula is C63H46N2. The van der Waals surface area contributed by atoms with Crippen molar-refractivity contribution in [2.75, 3.05) is 4.90 Å². The van der Waals surface area contributed by atoms with E-state index in [-0.39, 0.29) is 5.41 Å². The Kier molecular flexibility index (Phi) is 9.21. The average Bonchev–Trinajstić information content (AvgIpc) is 3.84. The van der Waals surface area contributed by atoms with Crippen molar-refractivity contribution in [3.63, 3.8) is 0 Å². The molecule has 0 saturated heterocycles. The Hall–Kier alpha value is -8.20. The van der Waals surface area contributed by atoms with Crippen LogP contribution < -0.4 is 4.90 Å². The van der Waals surface area contributed by atoms with E-state index in [9.17, 15) is 0 Å². The van der Waals surface area contributed by atoms with Gasteiger partial charge in [0.1, 0.15) is 0 Å². The fraction of sp³-hybridized carbons (Fsp3) is 0.0476. The van der Waals surface area contributed by atoms with Gasteiger partial charge in [-0.25, -0.2) is 0 Å². The Balaban J connectivity index is 1.00. The molecule has 0 atom stereocenters. The molecule has 1 heterocycles. The maximum Gasteiger partial charge on any atom is 0.0547 e. The van der Waals surface area contributed by atoms with Crippen LogP contribution in [-0.2, 0) is 5.41 Å². The molecule has 11 aromatic rings. The second kappa shape index (κ2) is 15.6. The minimum Gasteiger partial charge on any atom is -0.310 e. The van der Waals surface area contributed by atoms with Crippen molar-refractivity contribution >= 4 is 38.9 Å². The zero-order chi connectivity index (χ0) is 43.5. The molecule has 1 aromatic heterocycles. The molecule has 0 amide bonds. The predicted molar refractivity (Wildman–Crippen MR) is 275 cm³/mol. The Morgan fingerprint density at radius 1 is 0.354 bits per heavy atom. The first kappa shape index (κ1) is 38.5. The van der Waals surface area contributed by atoms with Crippen LogP contribution in [0.15, 0.2) is 243 Å². The molecule has 10 aromatic carbocycles. The highest BCUT2D eigenvalue weighted by Crippen LogP contribution is 2.52. The highest BCUT2D eigenvalue weighted by molar-refractivity contribution is 6.16. The molecule has 0 fully saturated rings. The molecule has 0 unspecified atom stereocenters. The minimum absolute atomic E-state index is 0.151. The van der Waals surface area contributed by atoms with Crippen molar-refractivity contribution in [3.05, 3.63) is 254 Å². The summed E-state index contributed by atoms with van der Waals surface area (Å²) in [5, 5.41) is 2.51. The molecule has 0 spiro atoms. The molecule has 0 saturated carbocycles. The third kappa shape index (κ3) is 6.40. The van der Waals surface area contributed by atoms with Crippen molar-refractivity contribution in [3.8, 4) is 61.3 Å². The molecule has 2 heteroatoms. The maximum atomic E-state index is 2.52. The Labute approximate surface area is 381 Å². The summed E-state index contributed by atoms with van der Waals surface area (Å²) >= 11 is 0. The lowest BCUT2D eigenvalue weighted by Crippen LogP contribution is -2.17. The summed E-state index contributed by atoms with van der Waals surface area (Å²) in [6, 6.07) is 88.7. The van der Waals surface area contributed by atoms with Gasteiger partial charge in [0.05, 0.1) is 22.4 Å². The third-order valence-corrected chi connectivity index (χ3v) is 13.6. The summed E-state index contributed by atoms with van der Waals surface area (Å²) in [7, 11) is 0. The largest absolute Gasteiger partial charge is 0.310 e. The number of hydrogen-bond acceptors (Lipinski definition) is 1. The van der Waals surface area contributed by atoms with E-state index < -0.39 is 0 Å². The highest BCUT2D eigenvalue weighted by Gasteiger charge is 2.38. The second-order valence-electron chi connectivity index (χ2n) is 17.7. The van der Waals surface area contributed by atoms with Crippen molar-refractivity contribution in [2.45, 2.75) is 19.3 Å². The van der Waals surface area contributed by atoms with Gasteiger partial charge in [0, 0.05) is 33.1 Å². The fourth-order valence-electron chi connectivity index (χ4n) is 10.6. The predicted octanol–water partition coefficient (Wildman–Crippen LogP) is 17.2. The van der Waals surface area contributed by atoms with Gasteiger partial charge >= 0.3 is 0 Å². The Bertz CT molecular complexity index is 3460. The van der Waals surface area contributed by atoms with Gasteiger partial charge in [-0.2, -0.15) is 0 Å². The van der Waals surface area contributed by atoms with Gasteiger partial charge in [0.15, 0.2) is 0 Å². The van der Waals surface area contributed by atoms with Crippen molar-refractivity contribution < 1.29 is 0 Å². The monoisotopic (exact) mass is 830 g/mol. The molecule has 1 aliphatic carbocycles. The normalized spacial score (nSPS) is 12.6. The highest BCUT2D eigenvalue weighted by atomic mass is 15.1. The van der Waals surface area contributed by atoms with Crippen LogP contribution in [0.2, 0.25) is 0 Å². The van der Waals surface area contributed by atoms with Crippen molar-refractivity contribution in [1.82, 2.24) is 4.57 Å². The fourth-order valence-corrected chi connectivity index (χ4v) is 10.6. The number of fused-ring (bicyclic) bond motifs is 6. The summed E-state index contributed by atoms with van der Waals surface area (Å²) in [6.45, 7) is 4.76. The van der Waals surface area contributed by atoms with Crippen molar-refractivity contribution in [2.24, 2.45) is 0 Å². The van der Waals surface area contributed by atoms with E-state index in [1.807, 2.05) is 0 Å². The molecule has 65 heavy (non-hydrogen) atoms. The van der Waals surface area contributed by atoms with Crippen LogP contribution in [0.4, 0.5) is 17.1 Å². The standard InChI is InChI=1S/C63H46N2/c1-63(2)56-29-12-9-25-53(56)54-28-17-33-60(62(54)63)65-58-31-14-11-26-55(58)61-52(27-16-32-59(61)65)48-23-15-22-47(42-48)51-24-10-13-30-57(51)64(49-38-34-45(35-39-49)43-18-5-3-6-19-43)50-40-36-46(37-41-50)44-20-7-4-8-21-44/h3-42H,1-2H3. The number of hydrogen-bond donors (Lipinski definition) is 0. The van der Waals surface area contributed by atoms with Crippen LogP contribution in [0.3, 0.4) is 0 Å². The lowest BCUT2D eigenvalue weighted by atomic mass is 9.81. The van der Waals surface area contributed by atoms with Crippen molar-refractivity contribution in [1.29, 1.82) is 0 Å². The van der Waals surface area contributed by atoms with Crippen LogP contribution in [0.25, 0.3) is 83.1 Å². The van der Waals surface area contributed by atoms with Gasteiger partial charge in [-0.1, -0.05) is 202 Å². The molecule has 12 rings (SSSR count). The summed E-state index contributed by atoms with van der Waals surface area (Å²) in [5.41, 5.74) is 21.7. The zero-order valence-electron chi connectivity index (χ0n) is 36.5. The van der Waals surface area contributed by atoms with E-state index >= 15 is 0 Å². The number of nitrogens with zero attached hydrogens (tertiary/aromatic N) is 2. The smallest absolute Gasteiger partial charge is 0.0547 e. The minimum atomic E-state index is -0.151. The van der Waals surface area contributed by atoms with Gasteiger partial charge in [-0.15, -0.1) is 0 Å². The van der Waals surface area contributed by atoms with Crippen LogP contribution in [0, 0.1) is 0 Å². The number of aromatic nitrogens is 1. The first-order chi connectivity index (χ1) is 32.0. The molecule has 2 nitrogen and oxygen atoms in total. The van der Waals surface area contributed by atoms with Crippen LogP contribution in [0.5, 0.6) is 0 Å². The second-order valence-corrected chi connectivity index (χ2v) is 17.7. The van der Waals surface area contributed by atoms with Crippen LogP contribution >= 0.6 is 0 Å². The van der Waals surface area contributed by atoms with Crippen LogP contribution in [0.1, 0.15) is 25.0 Å². The van der Waals surface area contributed by atoms with Gasteiger partial charge < -0.3 is 9.47 Å². The van der Waals surface area contributed by atoms with E-state index in [1.54, 1.807) is 0 Å². The topological polar surface area (TPSA) is 8.17 Å². The first-order valence-electron chi connectivity index (χ1n) is 22.6. The number of rotatable bonds is 8. The molecule has 0 N–H and O–H groups in total. The summed E-state index contributed by atoms with van der Waals surface area (Å²) < 4.78 is 2.52. The lowest BCUT2D eigenvalue weighted by molar-refractivity contribution is 0.656. The van der Waals surface area contributed by atoms with Gasteiger partial charge in [-0.05, 0) is 116 Å². The van der Waals surface area contributed by atoms with E-state index in [0.29, 0.717) is 0 Å². The zero-order valence-corrected chi connectivity index (χ0v) is 36.5. The summed E-state index contributed by atoms with van der Waals surface area (Å²) in [6.07, 6.45) is 0. The number of anilines is 3. The molecular weight excluding hydrogens is 785 g/mol. The van der Waals surface area contributed by atoms with Gasteiger partial charge in [0.2, 0.25) is 0 Å². The number of benzene rings is 10. The van der Waals surface area contributed by atoms with E-state index in [4.69, 9.17) is 0 Å². The SMILES string of the molecule is CC1(C)c2ccccc2-c2cccc(-n3c4ccccc4c4c(-c5cccc(-c6ccccc6N(c6ccc(-c7ccccc7)cc6)c6ccc(-c7ccccc7)cc6)c5)cccc43)c21. The van der Waals surface area contributed by atoms with Crippen LogP contribution in [-0.4, -0.2) is 4.57 Å². The third-order valence-electron chi connectivity index (χ3n) is 13.6. The Morgan fingerprint density at radius 3 is 1.52 bits per heavy atom. The van der Waals surface area contributed by atoms with E-state index in [1.165, 1.54) is 83.1 Å². The average molecular weight is 831 g/mol. The first-order valence-corrected chi connectivity index (χ1v) is 22.6. The molecule has 0 bridgehead atoms. The number of para-hydroxylation sites is 2. The molecule has 308 valence electrons. The maximum absolute atomic E-state index is 2.52.